The van der Waals surface area contributed by atoms with E-state index in [1.165, 1.54) is 12.0 Å². The fourth-order valence-corrected chi connectivity index (χ4v) is 10.4. The number of aliphatic hydroxyl groups excluding tert-OH is 2. The van der Waals surface area contributed by atoms with Gasteiger partial charge in [0, 0.05) is 52.0 Å². The molecule has 1 aliphatic carbocycles. The third kappa shape index (κ3) is 14.3. The third-order valence-corrected chi connectivity index (χ3v) is 14.7. The minimum absolute atomic E-state index is 0.103. The standard InChI is InChI=1S/C50H81NO13/c1-30-16-12-10-11-13-17-37(60-7)28-38-21-19-35(6)50(59,64-38)47(56)48(57)51-23-15-14-18-39(51)49(58)63-42(32(3)26-36-20-22-40(52)43(27-36)61-8)29-41(53)31(2)25-34(5)45(55)46(62-9)44(54)33(4)24-30/h10-11,25,30-33,35-40,42-43,45-46,52,55,59H,12-24,26-29H2,1-9H3/b11-10+,34-25+/t30-,31-,32-,33-,35-,36-,37-,38+,39+,40-,42+,43-,45-,46+,50-/m1/s1. The zero-order valence-corrected chi connectivity index (χ0v) is 40.2. The molecule has 4 aliphatic rings. The van der Waals surface area contributed by atoms with Gasteiger partial charge in [-0.05, 0) is 127 Å². The second-order valence-corrected chi connectivity index (χ2v) is 19.8. The number of carbonyl (C=O) groups is 5. The number of ether oxygens (including phenoxy) is 5. The number of ketones is 3. The van der Waals surface area contributed by atoms with Crippen molar-refractivity contribution in [1.29, 1.82) is 0 Å². The van der Waals surface area contributed by atoms with Crippen molar-refractivity contribution in [3.63, 3.8) is 0 Å². The van der Waals surface area contributed by atoms with Gasteiger partial charge in [0.05, 0.1) is 24.4 Å². The van der Waals surface area contributed by atoms with E-state index in [-0.39, 0.29) is 66.8 Å². The minimum atomic E-state index is -2.39. The Hall–Kier alpha value is -2.85. The number of piperidine rings is 1. The molecular weight excluding hydrogens is 823 g/mol. The van der Waals surface area contributed by atoms with Gasteiger partial charge in [-0.15, -0.1) is 0 Å². The van der Waals surface area contributed by atoms with Crippen molar-refractivity contribution < 1.29 is 63.0 Å². The van der Waals surface area contributed by atoms with E-state index in [9.17, 15) is 39.3 Å². The number of hydrogen-bond acceptors (Lipinski definition) is 13. The number of nitrogens with zero attached hydrogens (tertiary/aromatic N) is 1. The minimum Gasteiger partial charge on any atom is -0.460 e. The van der Waals surface area contributed by atoms with E-state index in [0.717, 1.165) is 25.7 Å². The number of aliphatic hydroxyl groups is 3. The molecule has 14 heteroatoms. The summed E-state index contributed by atoms with van der Waals surface area (Å²) in [5.74, 6) is -7.47. The van der Waals surface area contributed by atoms with Crippen LogP contribution in [0, 0.1) is 35.5 Å². The number of cyclic esters (lactones) is 1. The largest absolute Gasteiger partial charge is 0.460 e. The second-order valence-electron chi connectivity index (χ2n) is 19.8. The van der Waals surface area contributed by atoms with Crippen molar-refractivity contribution in [3.8, 4) is 0 Å². The topological polar surface area (TPSA) is 195 Å². The van der Waals surface area contributed by atoms with Crippen LogP contribution in [0.25, 0.3) is 0 Å². The van der Waals surface area contributed by atoms with Crippen LogP contribution >= 0.6 is 0 Å². The summed E-state index contributed by atoms with van der Waals surface area (Å²) in [6.45, 7) is 11.0. The molecule has 0 radical (unpaired) electrons. The molecule has 1 amide bonds. The molecule has 0 unspecified atom stereocenters. The zero-order chi connectivity index (χ0) is 47.3. The van der Waals surface area contributed by atoms with Gasteiger partial charge in [-0.3, -0.25) is 19.2 Å². The molecule has 364 valence electrons. The van der Waals surface area contributed by atoms with Gasteiger partial charge >= 0.3 is 5.97 Å². The molecule has 0 spiro atoms. The van der Waals surface area contributed by atoms with Crippen molar-refractivity contribution in [3.05, 3.63) is 23.8 Å². The van der Waals surface area contributed by atoms with Crippen LogP contribution in [0.4, 0.5) is 0 Å². The molecule has 1 saturated carbocycles. The maximum absolute atomic E-state index is 14.3. The summed E-state index contributed by atoms with van der Waals surface area (Å²) >= 11 is 0. The number of methoxy groups -OCH3 is 3. The fourth-order valence-electron chi connectivity index (χ4n) is 10.4. The predicted molar refractivity (Wildman–Crippen MR) is 241 cm³/mol. The normalized spacial score (nSPS) is 39.9. The van der Waals surface area contributed by atoms with E-state index in [4.69, 9.17) is 23.7 Å². The molecule has 15 atom stereocenters. The fraction of sp³-hybridized carbons (Fsp3) is 0.820. The zero-order valence-electron chi connectivity index (χ0n) is 40.2. The number of fused-ring (bicyclic) bond motifs is 3. The van der Waals surface area contributed by atoms with Crippen LogP contribution in [0.2, 0.25) is 0 Å². The number of esters is 1. The smallest absolute Gasteiger partial charge is 0.329 e. The molecule has 2 bridgehead atoms. The number of allylic oxidation sites excluding steroid dienone is 3. The first-order chi connectivity index (χ1) is 30.3. The summed E-state index contributed by atoms with van der Waals surface area (Å²) in [5.41, 5.74) is 0.407. The lowest BCUT2D eigenvalue weighted by Crippen LogP contribution is -2.61. The Kier molecular flexibility index (Phi) is 21.3. The Morgan fingerprint density at radius 3 is 2.22 bits per heavy atom. The molecule has 64 heavy (non-hydrogen) atoms. The molecule has 4 rings (SSSR count). The number of Topliss-reactive ketones (excluding diaryl/α,β-unsaturated/α-hetero) is 3. The molecule has 0 aromatic heterocycles. The second kappa shape index (κ2) is 25.3. The average Bonchev–Trinajstić information content (AvgIpc) is 3.27. The van der Waals surface area contributed by atoms with Crippen LogP contribution in [-0.4, -0.2) is 132 Å². The lowest BCUT2D eigenvalue weighted by molar-refractivity contribution is -0.266. The summed E-state index contributed by atoms with van der Waals surface area (Å²) in [5, 5.41) is 33.8. The quantitative estimate of drug-likeness (QED) is 0.154. The van der Waals surface area contributed by atoms with E-state index in [0.29, 0.717) is 69.8 Å². The van der Waals surface area contributed by atoms with E-state index in [2.05, 4.69) is 19.1 Å². The molecule has 3 heterocycles. The molecule has 0 aromatic rings. The summed E-state index contributed by atoms with van der Waals surface area (Å²) in [6.07, 6.45) is 9.69. The molecule has 2 saturated heterocycles. The van der Waals surface area contributed by atoms with Gasteiger partial charge in [0.2, 0.25) is 5.79 Å². The van der Waals surface area contributed by atoms with Crippen LogP contribution in [0.15, 0.2) is 23.8 Å². The molecule has 3 aliphatic heterocycles. The van der Waals surface area contributed by atoms with E-state index >= 15 is 0 Å². The van der Waals surface area contributed by atoms with Crippen LogP contribution in [0.3, 0.4) is 0 Å². The molecule has 14 nitrogen and oxygen atoms in total. The molecule has 3 fully saturated rings. The lowest BCUT2D eigenvalue weighted by atomic mass is 9.78. The Bertz CT molecular complexity index is 1610. The van der Waals surface area contributed by atoms with Crippen molar-refractivity contribution >= 4 is 29.2 Å². The van der Waals surface area contributed by atoms with Crippen LogP contribution < -0.4 is 0 Å². The lowest BCUT2D eigenvalue weighted by Gasteiger charge is -2.42. The van der Waals surface area contributed by atoms with Gasteiger partial charge in [-0.1, -0.05) is 52.8 Å². The highest BCUT2D eigenvalue weighted by Gasteiger charge is 2.53. The molecule has 0 aromatic carbocycles. The maximum Gasteiger partial charge on any atom is 0.329 e. The van der Waals surface area contributed by atoms with Crippen LogP contribution in [-0.2, 0) is 47.7 Å². The van der Waals surface area contributed by atoms with Gasteiger partial charge in [-0.25, -0.2) is 4.79 Å². The van der Waals surface area contributed by atoms with Gasteiger partial charge in [0.25, 0.3) is 11.7 Å². The Morgan fingerprint density at radius 2 is 1.55 bits per heavy atom. The van der Waals surface area contributed by atoms with E-state index < -0.39 is 71.8 Å². The summed E-state index contributed by atoms with van der Waals surface area (Å²) in [4.78, 5) is 71.7. The predicted octanol–water partition coefficient (Wildman–Crippen LogP) is 6.24. The summed E-state index contributed by atoms with van der Waals surface area (Å²) in [6, 6.07) is -1.12. The Balaban J connectivity index is 1.66. The van der Waals surface area contributed by atoms with Crippen molar-refractivity contribution in [1.82, 2.24) is 4.90 Å². The van der Waals surface area contributed by atoms with Crippen molar-refractivity contribution in [2.45, 2.75) is 199 Å². The first-order valence-corrected chi connectivity index (χ1v) is 24.1. The van der Waals surface area contributed by atoms with Crippen molar-refractivity contribution in [2.24, 2.45) is 35.5 Å². The monoisotopic (exact) mass is 904 g/mol. The summed E-state index contributed by atoms with van der Waals surface area (Å²) < 4.78 is 29.3. The maximum atomic E-state index is 14.3. The Labute approximate surface area is 382 Å². The molecular formula is C50H81NO13. The summed E-state index contributed by atoms with van der Waals surface area (Å²) in [7, 11) is 4.59. The van der Waals surface area contributed by atoms with Crippen LogP contribution in [0.1, 0.15) is 144 Å². The third-order valence-electron chi connectivity index (χ3n) is 14.7. The molecule has 3 N–H and O–H groups in total. The highest BCUT2D eigenvalue weighted by Crippen LogP contribution is 2.37. The van der Waals surface area contributed by atoms with Crippen LogP contribution in [0.5, 0.6) is 0 Å². The highest BCUT2D eigenvalue weighted by atomic mass is 16.6. The average molecular weight is 904 g/mol. The number of amides is 1. The number of carbonyl (C=O) groups excluding carboxylic acids is 5. The number of rotatable bonds is 6. The van der Waals surface area contributed by atoms with Crippen molar-refractivity contribution in [2.75, 3.05) is 27.9 Å². The highest BCUT2D eigenvalue weighted by molar-refractivity contribution is 6.39. The van der Waals surface area contributed by atoms with Gasteiger partial charge in [0.1, 0.15) is 30.1 Å². The van der Waals surface area contributed by atoms with E-state index in [1.807, 2.05) is 13.8 Å². The number of hydrogen-bond donors (Lipinski definition) is 3. The Morgan fingerprint density at radius 1 is 0.844 bits per heavy atom. The SMILES string of the molecule is CO[C@@H]1CC/C=C/CC[C@@H](C)C[C@@H](C)C(=O)[C@H](OC)[C@H](O)/C(C)=C/[C@@H](C)C(=O)C[C@@H]([C@H](C)C[C@H]2CC[C@@H](O)[C@H](OC)C2)OC(=O)[C@@H]2CCCCN2C(=O)C(=O)[C@]2(O)O[C@@H](CC[C@H]2C)C1. The first-order valence-electron chi connectivity index (χ1n) is 24.1. The van der Waals surface area contributed by atoms with E-state index in [1.54, 1.807) is 41.1 Å². The van der Waals surface area contributed by atoms with Gasteiger partial charge in [-0.2, -0.15) is 0 Å². The van der Waals surface area contributed by atoms with Gasteiger partial charge < -0.3 is 43.9 Å². The first kappa shape index (κ1) is 53.8. The van der Waals surface area contributed by atoms with Gasteiger partial charge in [0.15, 0.2) is 5.78 Å².